The minimum absolute atomic E-state index is 0.151. The van der Waals surface area contributed by atoms with E-state index in [1.54, 1.807) is 0 Å². The predicted octanol–water partition coefficient (Wildman–Crippen LogP) is 3.41. The molecule has 0 spiro atoms. The van der Waals surface area contributed by atoms with Crippen molar-refractivity contribution in [2.75, 3.05) is 19.6 Å². The maximum Gasteiger partial charge on any atom is 0.410 e. The van der Waals surface area contributed by atoms with E-state index in [0.29, 0.717) is 6.04 Å². The molecule has 1 aliphatic rings. The number of amides is 1. The van der Waals surface area contributed by atoms with Crippen LogP contribution in [0, 0.1) is 5.92 Å². The van der Waals surface area contributed by atoms with Crippen LogP contribution in [-0.4, -0.2) is 42.3 Å². The lowest BCUT2D eigenvalue weighted by Gasteiger charge is -2.27. The average Bonchev–Trinajstić information content (AvgIpc) is 3.15. The van der Waals surface area contributed by atoms with E-state index < -0.39 is 5.60 Å². The molecule has 1 amide bonds. The van der Waals surface area contributed by atoms with Crippen LogP contribution in [0.5, 0.6) is 0 Å². The highest BCUT2D eigenvalue weighted by atomic mass is 16.6. The molecule has 0 radical (unpaired) electrons. The number of hydrogen-bond acceptors (Lipinski definition) is 3. The van der Waals surface area contributed by atoms with E-state index >= 15 is 0 Å². The zero-order valence-corrected chi connectivity index (χ0v) is 13.9. The van der Waals surface area contributed by atoms with Gasteiger partial charge in [0.2, 0.25) is 0 Å². The van der Waals surface area contributed by atoms with Gasteiger partial charge in [-0.05, 0) is 59.0 Å². The molecule has 0 aliphatic heterocycles. The summed E-state index contributed by atoms with van der Waals surface area (Å²) >= 11 is 0. The van der Waals surface area contributed by atoms with Crippen molar-refractivity contribution < 1.29 is 9.53 Å². The number of nitrogens with one attached hydrogen (secondary N) is 1. The fourth-order valence-corrected chi connectivity index (χ4v) is 2.00. The molecule has 1 aliphatic carbocycles. The van der Waals surface area contributed by atoms with E-state index in [-0.39, 0.29) is 6.09 Å². The Kier molecular flexibility index (Phi) is 6.80. The first-order chi connectivity index (χ1) is 9.33. The molecular weight excluding hydrogens is 252 g/mol. The molecule has 0 heterocycles. The van der Waals surface area contributed by atoms with Crippen molar-refractivity contribution >= 4 is 6.09 Å². The Morgan fingerprint density at radius 1 is 1.40 bits per heavy atom. The molecule has 1 rings (SSSR count). The SMILES string of the molecule is CCC(C)CNCCCN(C(=O)OC(C)(C)C)C1CC1. The third-order valence-corrected chi connectivity index (χ3v) is 3.56. The number of rotatable bonds is 8. The molecule has 118 valence electrons. The lowest BCUT2D eigenvalue weighted by Crippen LogP contribution is -2.39. The monoisotopic (exact) mass is 284 g/mol. The van der Waals surface area contributed by atoms with E-state index in [0.717, 1.165) is 44.8 Å². The van der Waals surface area contributed by atoms with Gasteiger partial charge in [-0.2, -0.15) is 0 Å². The van der Waals surface area contributed by atoms with Gasteiger partial charge in [-0.25, -0.2) is 4.79 Å². The Labute approximate surface area is 124 Å². The maximum atomic E-state index is 12.1. The van der Waals surface area contributed by atoms with Crippen molar-refractivity contribution in [3.8, 4) is 0 Å². The standard InChI is InChI=1S/C16H32N2O2/c1-6-13(2)12-17-10-7-11-18(14-8-9-14)15(19)20-16(3,4)5/h13-14,17H,6-12H2,1-5H3. The van der Waals surface area contributed by atoms with Crippen molar-refractivity contribution in [2.45, 2.75) is 71.9 Å². The summed E-state index contributed by atoms with van der Waals surface area (Å²) in [5, 5.41) is 3.46. The Morgan fingerprint density at radius 3 is 2.55 bits per heavy atom. The van der Waals surface area contributed by atoms with Gasteiger partial charge in [-0.15, -0.1) is 0 Å². The molecule has 20 heavy (non-hydrogen) atoms. The molecule has 4 nitrogen and oxygen atoms in total. The van der Waals surface area contributed by atoms with Crippen LogP contribution in [0.4, 0.5) is 4.79 Å². The normalized spacial score (nSPS) is 16.9. The lowest BCUT2D eigenvalue weighted by molar-refractivity contribution is 0.0232. The van der Waals surface area contributed by atoms with Gasteiger partial charge in [0.15, 0.2) is 0 Å². The second-order valence-corrected chi connectivity index (χ2v) is 6.98. The zero-order valence-electron chi connectivity index (χ0n) is 13.9. The van der Waals surface area contributed by atoms with Crippen molar-refractivity contribution in [1.29, 1.82) is 0 Å². The van der Waals surface area contributed by atoms with E-state index in [1.165, 1.54) is 6.42 Å². The minimum Gasteiger partial charge on any atom is -0.444 e. The van der Waals surface area contributed by atoms with E-state index in [9.17, 15) is 4.79 Å². The molecule has 1 fully saturated rings. The van der Waals surface area contributed by atoms with Gasteiger partial charge < -0.3 is 15.0 Å². The lowest BCUT2D eigenvalue weighted by atomic mass is 10.1. The predicted molar refractivity (Wildman–Crippen MR) is 82.9 cm³/mol. The topological polar surface area (TPSA) is 41.6 Å². The Bertz CT molecular complexity index is 295. The summed E-state index contributed by atoms with van der Waals surface area (Å²) in [7, 11) is 0. The first kappa shape index (κ1) is 17.3. The second kappa shape index (κ2) is 7.87. The molecule has 1 atom stereocenters. The first-order valence-electron chi connectivity index (χ1n) is 8.03. The quantitative estimate of drug-likeness (QED) is 0.694. The van der Waals surface area contributed by atoms with Gasteiger partial charge >= 0.3 is 6.09 Å². The number of nitrogens with zero attached hydrogens (tertiary/aromatic N) is 1. The molecule has 1 N–H and O–H groups in total. The molecular formula is C16H32N2O2. The molecule has 0 bridgehead atoms. The highest BCUT2D eigenvalue weighted by Crippen LogP contribution is 2.28. The van der Waals surface area contributed by atoms with Gasteiger partial charge in [0.1, 0.15) is 5.60 Å². The van der Waals surface area contributed by atoms with Crippen LogP contribution >= 0.6 is 0 Å². The van der Waals surface area contributed by atoms with Crippen LogP contribution in [0.3, 0.4) is 0 Å². The molecule has 4 heteroatoms. The average molecular weight is 284 g/mol. The summed E-state index contributed by atoms with van der Waals surface area (Å²) in [5.41, 5.74) is -0.404. The summed E-state index contributed by atoms with van der Waals surface area (Å²) in [6.45, 7) is 13.1. The van der Waals surface area contributed by atoms with Crippen LogP contribution < -0.4 is 5.32 Å². The van der Waals surface area contributed by atoms with Gasteiger partial charge in [0.05, 0.1) is 0 Å². The number of hydrogen-bond donors (Lipinski definition) is 1. The van der Waals surface area contributed by atoms with Crippen LogP contribution in [-0.2, 0) is 4.74 Å². The zero-order chi connectivity index (χ0) is 15.2. The number of carbonyl (C=O) groups is 1. The van der Waals surface area contributed by atoms with Crippen LogP contribution in [0.2, 0.25) is 0 Å². The fraction of sp³-hybridized carbons (Fsp3) is 0.938. The Morgan fingerprint density at radius 2 is 2.05 bits per heavy atom. The van der Waals surface area contributed by atoms with Gasteiger partial charge in [-0.1, -0.05) is 20.3 Å². The van der Waals surface area contributed by atoms with Crippen molar-refractivity contribution in [2.24, 2.45) is 5.92 Å². The van der Waals surface area contributed by atoms with Crippen molar-refractivity contribution in [3.63, 3.8) is 0 Å². The largest absolute Gasteiger partial charge is 0.444 e. The summed E-state index contributed by atoms with van der Waals surface area (Å²) in [6, 6.07) is 0.416. The molecule has 1 saturated carbocycles. The summed E-state index contributed by atoms with van der Waals surface area (Å²) in [6.07, 6.45) is 4.30. The molecule has 0 aromatic rings. The number of ether oxygens (including phenoxy) is 1. The minimum atomic E-state index is -0.404. The van der Waals surface area contributed by atoms with Gasteiger partial charge in [-0.3, -0.25) is 0 Å². The highest BCUT2D eigenvalue weighted by Gasteiger charge is 2.34. The maximum absolute atomic E-state index is 12.1. The fourth-order valence-electron chi connectivity index (χ4n) is 2.00. The van der Waals surface area contributed by atoms with E-state index in [4.69, 9.17) is 4.74 Å². The molecule has 1 unspecified atom stereocenters. The van der Waals surface area contributed by atoms with Crippen LogP contribution in [0.1, 0.15) is 60.3 Å². The summed E-state index contributed by atoms with van der Waals surface area (Å²) < 4.78 is 5.48. The Balaban J connectivity index is 2.24. The van der Waals surface area contributed by atoms with Gasteiger partial charge in [0, 0.05) is 12.6 Å². The van der Waals surface area contributed by atoms with Crippen LogP contribution in [0.15, 0.2) is 0 Å². The summed E-state index contributed by atoms with van der Waals surface area (Å²) in [5.74, 6) is 0.723. The van der Waals surface area contributed by atoms with E-state index in [2.05, 4.69) is 19.2 Å². The third kappa shape index (κ3) is 7.13. The molecule has 0 saturated heterocycles. The molecule has 0 aromatic heterocycles. The molecule has 0 aromatic carbocycles. The van der Waals surface area contributed by atoms with Crippen molar-refractivity contribution in [1.82, 2.24) is 10.2 Å². The van der Waals surface area contributed by atoms with Crippen molar-refractivity contribution in [3.05, 3.63) is 0 Å². The summed E-state index contributed by atoms with van der Waals surface area (Å²) in [4.78, 5) is 14.1. The van der Waals surface area contributed by atoms with Crippen LogP contribution in [0.25, 0.3) is 0 Å². The number of carbonyl (C=O) groups excluding carboxylic acids is 1. The Hall–Kier alpha value is -0.770. The van der Waals surface area contributed by atoms with E-state index in [1.807, 2.05) is 25.7 Å². The highest BCUT2D eigenvalue weighted by molar-refractivity contribution is 5.69. The third-order valence-electron chi connectivity index (χ3n) is 3.56. The smallest absolute Gasteiger partial charge is 0.410 e. The first-order valence-corrected chi connectivity index (χ1v) is 8.03. The second-order valence-electron chi connectivity index (χ2n) is 6.98. The van der Waals surface area contributed by atoms with Gasteiger partial charge in [0.25, 0.3) is 0 Å².